The van der Waals surface area contributed by atoms with Crippen molar-refractivity contribution in [1.29, 1.82) is 0 Å². The van der Waals surface area contributed by atoms with Crippen LogP contribution in [0.4, 0.5) is 4.79 Å². The molecule has 0 aliphatic rings. The quantitative estimate of drug-likeness (QED) is 0.684. The summed E-state index contributed by atoms with van der Waals surface area (Å²) in [6, 6.07) is 3.82. The molecule has 0 aliphatic carbocycles. The summed E-state index contributed by atoms with van der Waals surface area (Å²) < 4.78 is 0.666. The monoisotopic (exact) mass is 291 g/mol. The van der Waals surface area contributed by atoms with Gasteiger partial charge in [-0.15, -0.1) is 0 Å². The molecule has 0 heterocycles. The maximum atomic E-state index is 11.4. The lowest BCUT2D eigenvalue weighted by atomic mass is 10.2. The number of amides is 3. The molecule has 0 saturated heterocycles. The molecule has 0 fully saturated rings. The Morgan fingerprint density at radius 1 is 1.27 bits per heavy atom. The van der Waals surface area contributed by atoms with Crippen LogP contribution in [0.1, 0.15) is 10.4 Å². The van der Waals surface area contributed by atoms with Crippen molar-refractivity contribution in [1.82, 2.24) is 10.9 Å². The SMILES string of the molecule is NC(=O)NNC(=O)c1cc(Cl)cc(Br)c1. The van der Waals surface area contributed by atoms with Crippen molar-refractivity contribution in [3.63, 3.8) is 0 Å². The molecule has 0 atom stereocenters. The number of benzene rings is 1. The molecule has 3 amide bonds. The fourth-order valence-electron chi connectivity index (χ4n) is 0.875. The minimum absolute atomic E-state index is 0.308. The Kier molecular flexibility index (Phi) is 3.93. The molecule has 0 aromatic heterocycles. The van der Waals surface area contributed by atoms with Crippen LogP contribution in [0.15, 0.2) is 22.7 Å². The molecule has 7 heteroatoms. The van der Waals surface area contributed by atoms with Gasteiger partial charge in [0.15, 0.2) is 0 Å². The molecular weight excluding hydrogens is 285 g/mol. The summed E-state index contributed by atoms with van der Waals surface area (Å²) in [6.07, 6.45) is 0. The van der Waals surface area contributed by atoms with Gasteiger partial charge in [0.05, 0.1) is 0 Å². The average Bonchev–Trinajstić information content (AvgIpc) is 2.12. The normalized spacial score (nSPS) is 9.47. The lowest BCUT2D eigenvalue weighted by Gasteiger charge is -2.05. The summed E-state index contributed by atoms with van der Waals surface area (Å²) in [5.41, 5.74) is 9.16. The van der Waals surface area contributed by atoms with Crippen molar-refractivity contribution in [3.05, 3.63) is 33.3 Å². The highest BCUT2D eigenvalue weighted by Crippen LogP contribution is 2.19. The first kappa shape index (κ1) is 11.8. The van der Waals surface area contributed by atoms with Crippen LogP contribution < -0.4 is 16.6 Å². The molecule has 5 nitrogen and oxygen atoms in total. The van der Waals surface area contributed by atoms with Crippen LogP contribution >= 0.6 is 27.5 Å². The van der Waals surface area contributed by atoms with Crippen LogP contribution in [-0.2, 0) is 0 Å². The van der Waals surface area contributed by atoms with E-state index in [1.807, 2.05) is 5.43 Å². The maximum Gasteiger partial charge on any atom is 0.330 e. The largest absolute Gasteiger partial charge is 0.350 e. The molecule has 0 unspecified atom stereocenters. The van der Waals surface area contributed by atoms with Crippen LogP contribution in [0.5, 0.6) is 0 Å². The van der Waals surface area contributed by atoms with Gasteiger partial charge >= 0.3 is 6.03 Å². The summed E-state index contributed by atoms with van der Waals surface area (Å²) in [7, 11) is 0. The zero-order valence-corrected chi connectivity index (χ0v) is 9.72. The average molecular weight is 293 g/mol. The molecule has 1 rings (SSSR count). The van der Waals surface area contributed by atoms with Gasteiger partial charge < -0.3 is 5.73 Å². The number of hydrogen-bond acceptors (Lipinski definition) is 2. The number of primary amides is 1. The number of hydrazine groups is 1. The highest BCUT2D eigenvalue weighted by molar-refractivity contribution is 9.10. The first-order valence-corrected chi connectivity index (χ1v) is 4.98. The van der Waals surface area contributed by atoms with Crippen LogP contribution in [-0.4, -0.2) is 11.9 Å². The van der Waals surface area contributed by atoms with Gasteiger partial charge in [0.25, 0.3) is 5.91 Å². The highest BCUT2D eigenvalue weighted by atomic mass is 79.9. The van der Waals surface area contributed by atoms with Crippen molar-refractivity contribution in [3.8, 4) is 0 Å². The first-order chi connectivity index (χ1) is 6.99. The van der Waals surface area contributed by atoms with Gasteiger partial charge in [-0.2, -0.15) is 0 Å². The Bertz CT molecular complexity index is 391. The Labute approximate surface area is 99.1 Å². The van der Waals surface area contributed by atoms with Crippen molar-refractivity contribution < 1.29 is 9.59 Å². The molecule has 0 aliphatic heterocycles. The van der Waals surface area contributed by atoms with Gasteiger partial charge in [-0.1, -0.05) is 27.5 Å². The number of carbonyl (C=O) groups excluding carboxylic acids is 2. The van der Waals surface area contributed by atoms with E-state index < -0.39 is 11.9 Å². The Morgan fingerprint density at radius 3 is 2.47 bits per heavy atom. The number of halogens is 2. The summed E-state index contributed by atoms with van der Waals surface area (Å²) in [6.45, 7) is 0. The molecule has 0 bridgehead atoms. The minimum Gasteiger partial charge on any atom is -0.350 e. The van der Waals surface area contributed by atoms with Gasteiger partial charge in [-0.3, -0.25) is 10.2 Å². The number of urea groups is 1. The second-order valence-electron chi connectivity index (χ2n) is 2.60. The van der Waals surface area contributed by atoms with E-state index in [1.165, 1.54) is 6.07 Å². The molecule has 0 saturated carbocycles. The van der Waals surface area contributed by atoms with Crippen molar-refractivity contribution in [2.24, 2.45) is 5.73 Å². The summed E-state index contributed by atoms with van der Waals surface area (Å²) >= 11 is 8.92. The third-order valence-corrected chi connectivity index (χ3v) is 2.10. The van der Waals surface area contributed by atoms with Crippen LogP contribution in [0.2, 0.25) is 5.02 Å². The number of hydrogen-bond donors (Lipinski definition) is 3. The summed E-state index contributed by atoms with van der Waals surface area (Å²) in [4.78, 5) is 21.7. The van der Waals surface area contributed by atoms with E-state index in [2.05, 4.69) is 21.4 Å². The number of nitrogens with one attached hydrogen (secondary N) is 2. The lowest BCUT2D eigenvalue weighted by molar-refractivity contribution is 0.0937. The predicted octanol–water partition coefficient (Wildman–Crippen LogP) is 1.42. The van der Waals surface area contributed by atoms with Crippen molar-refractivity contribution in [2.75, 3.05) is 0 Å². The molecule has 1 aromatic carbocycles. The number of rotatable bonds is 1. The first-order valence-electron chi connectivity index (χ1n) is 3.81. The van der Waals surface area contributed by atoms with Crippen molar-refractivity contribution in [2.45, 2.75) is 0 Å². The Hall–Kier alpha value is -1.27. The summed E-state index contributed by atoms with van der Waals surface area (Å²) in [5, 5.41) is 0.411. The second-order valence-corrected chi connectivity index (χ2v) is 3.95. The third kappa shape index (κ3) is 3.77. The van der Waals surface area contributed by atoms with E-state index in [4.69, 9.17) is 17.3 Å². The van der Waals surface area contributed by atoms with E-state index in [0.717, 1.165) is 0 Å². The Balaban J connectivity index is 2.77. The molecule has 1 aromatic rings. The van der Waals surface area contributed by atoms with Gasteiger partial charge in [-0.25, -0.2) is 10.2 Å². The van der Waals surface area contributed by atoms with Crippen LogP contribution in [0, 0.1) is 0 Å². The maximum absolute atomic E-state index is 11.4. The fraction of sp³-hybridized carbons (Fsp3) is 0. The fourth-order valence-corrected chi connectivity index (χ4v) is 1.74. The molecular formula is C8H7BrClN3O2. The van der Waals surface area contributed by atoms with E-state index in [1.54, 1.807) is 12.1 Å². The predicted molar refractivity (Wildman–Crippen MR) is 59.3 cm³/mol. The third-order valence-electron chi connectivity index (χ3n) is 1.42. The second kappa shape index (κ2) is 4.99. The lowest BCUT2D eigenvalue weighted by Crippen LogP contribution is -2.44. The Morgan fingerprint density at radius 2 is 1.93 bits per heavy atom. The molecule has 0 radical (unpaired) electrons. The summed E-state index contributed by atoms with van der Waals surface area (Å²) in [5.74, 6) is -0.503. The standard InChI is InChI=1S/C8H7BrClN3O2/c9-5-1-4(2-6(10)3-5)7(14)12-13-8(11)15/h1-3H,(H,12,14)(H3,11,13,15). The molecule has 0 spiro atoms. The van der Waals surface area contributed by atoms with Crippen LogP contribution in [0.25, 0.3) is 0 Å². The number of carbonyl (C=O) groups is 2. The van der Waals surface area contributed by atoms with Gasteiger partial charge in [0, 0.05) is 15.1 Å². The highest BCUT2D eigenvalue weighted by Gasteiger charge is 2.07. The van der Waals surface area contributed by atoms with Crippen LogP contribution in [0.3, 0.4) is 0 Å². The van der Waals surface area contributed by atoms with E-state index in [0.29, 0.717) is 15.1 Å². The molecule has 80 valence electrons. The minimum atomic E-state index is -0.843. The van der Waals surface area contributed by atoms with Gasteiger partial charge in [-0.05, 0) is 18.2 Å². The van der Waals surface area contributed by atoms with E-state index in [9.17, 15) is 9.59 Å². The van der Waals surface area contributed by atoms with Gasteiger partial charge in [0.2, 0.25) is 0 Å². The van der Waals surface area contributed by atoms with E-state index in [-0.39, 0.29) is 0 Å². The van der Waals surface area contributed by atoms with Crippen molar-refractivity contribution >= 4 is 39.5 Å². The van der Waals surface area contributed by atoms with Gasteiger partial charge in [0.1, 0.15) is 0 Å². The molecule has 4 N–H and O–H groups in total. The molecule has 15 heavy (non-hydrogen) atoms. The van der Waals surface area contributed by atoms with E-state index >= 15 is 0 Å². The number of nitrogens with two attached hydrogens (primary N) is 1. The zero-order valence-electron chi connectivity index (χ0n) is 7.38. The smallest absolute Gasteiger partial charge is 0.330 e. The zero-order chi connectivity index (χ0) is 11.4. The topological polar surface area (TPSA) is 84.2 Å².